The third kappa shape index (κ3) is 4.73. The van der Waals surface area contributed by atoms with Gasteiger partial charge in [-0.25, -0.2) is 4.98 Å². The first-order valence-corrected chi connectivity index (χ1v) is 9.17. The molecule has 0 bridgehead atoms. The van der Waals surface area contributed by atoms with Gasteiger partial charge in [0.05, 0.1) is 6.54 Å². The van der Waals surface area contributed by atoms with Crippen LogP contribution in [0.3, 0.4) is 0 Å². The number of rotatable bonds is 6. The predicted molar refractivity (Wildman–Crippen MR) is 94.0 cm³/mol. The van der Waals surface area contributed by atoms with Crippen LogP contribution < -0.4 is 5.56 Å². The van der Waals surface area contributed by atoms with Gasteiger partial charge in [-0.2, -0.15) is 0 Å². The van der Waals surface area contributed by atoms with Crippen LogP contribution in [0.15, 0.2) is 28.4 Å². The molecule has 1 N–H and O–H groups in total. The van der Waals surface area contributed by atoms with Crippen LogP contribution in [-0.2, 0) is 19.4 Å². The van der Waals surface area contributed by atoms with Crippen LogP contribution in [-0.4, -0.2) is 52.5 Å². The van der Waals surface area contributed by atoms with Crippen molar-refractivity contribution in [3.63, 3.8) is 0 Å². The van der Waals surface area contributed by atoms with Crippen molar-refractivity contribution >= 4 is 11.3 Å². The minimum atomic E-state index is -0.0403. The Kier molecular flexibility index (Phi) is 5.59. The zero-order valence-corrected chi connectivity index (χ0v) is 14.4. The molecule has 0 spiro atoms. The molecule has 0 unspecified atom stereocenters. The molecule has 0 aromatic carbocycles. The van der Waals surface area contributed by atoms with Gasteiger partial charge >= 0.3 is 0 Å². The van der Waals surface area contributed by atoms with Gasteiger partial charge < -0.3 is 9.88 Å². The molecule has 0 saturated carbocycles. The lowest BCUT2D eigenvalue weighted by atomic mass is 10.2. The summed E-state index contributed by atoms with van der Waals surface area (Å²) in [5.41, 5.74) is 0.833. The van der Waals surface area contributed by atoms with E-state index in [1.165, 1.54) is 4.88 Å². The van der Waals surface area contributed by atoms with Crippen molar-refractivity contribution in [2.75, 3.05) is 32.7 Å². The van der Waals surface area contributed by atoms with Gasteiger partial charge in [0.25, 0.3) is 5.56 Å². The van der Waals surface area contributed by atoms with Crippen molar-refractivity contribution in [1.82, 2.24) is 19.8 Å². The van der Waals surface area contributed by atoms with E-state index in [1.807, 2.05) is 18.3 Å². The van der Waals surface area contributed by atoms with E-state index < -0.39 is 0 Å². The van der Waals surface area contributed by atoms with Gasteiger partial charge in [0.2, 0.25) is 0 Å². The van der Waals surface area contributed by atoms with Crippen molar-refractivity contribution < 1.29 is 0 Å². The predicted octanol–water partition coefficient (Wildman–Crippen LogP) is 1.75. The van der Waals surface area contributed by atoms with Gasteiger partial charge in [0, 0.05) is 49.4 Å². The summed E-state index contributed by atoms with van der Waals surface area (Å²) in [5.74, 6) is 0.793. The first-order valence-electron chi connectivity index (χ1n) is 8.29. The first kappa shape index (κ1) is 16.4. The number of aromatic amines is 1. The molecule has 1 fully saturated rings. The summed E-state index contributed by atoms with van der Waals surface area (Å²) < 4.78 is 0. The number of piperazine rings is 1. The number of hydrogen-bond acceptors (Lipinski definition) is 5. The Morgan fingerprint density at radius 2 is 2.04 bits per heavy atom. The minimum absolute atomic E-state index is 0.0403. The van der Waals surface area contributed by atoms with Crippen LogP contribution >= 0.6 is 11.3 Å². The Labute approximate surface area is 141 Å². The van der Waals surface area contributed by atoms with E-state index in [4.69, 9.17) is 0 Å². The van der Waals surface area contributed by atoms with E-state index in [0.717, 1.165) is 63.6 Å². The monoisotopic (exact) mass is 332 g/mol. The molecule has 0 aliphatic carbocycles. The van der Waals surface area contributed by atoms with Crippen LogP contribution in [0, 0.1) is 0 Å². The molecule has 0 radical (unpaired) electrons. The fraction of sp³-hybridized carbons (Fsp3) is 0.529. The van der Waals surface area contributed by atoms with Gasteiger partial charge in [-0.3, -0.25) is 9.69 Å². The number of H-pyrrole nitrogens is 1. The van der Waals surface area contributed by atoms with Crippen molar-refractivity contribution in [2.24, 2.45) is 0 Å². The molecule has 1 aliphatic rings. The Bertz CT molecular complexity index is 659. The van der Waals surface area contributed by atoms with E-state index in [9.17, 15) is 4.79 Å². The maximum Gasteiger partial charge on any atom is 0.251 e. The second-order valence-electron chi connectivity index (χ2n) is 5.98. The first-order chi connectivity index (χ1) is 11.2. The Morgan fingerprint density at radius 3 is 2.74 bits per heavy atom. The highest BCUT2D eigenvalue weighted by Gasteiger charge is 2.17. The molecule has 0 atom stereocenters. The van der Waals surface area contributed by atoms with Crippen LogP contribution in [0.25, 0.3) is 0 Å². The smallest absolute Gasteiger partial charge is 0.251 e. The normalized spacial score (nSPS) is 16.7. The molecule has 3 rings (SSSR count). The highest BCUT2D eigenvalue weighted by Crippen LogP contribution is 2.11. The van der Waals surface area contributed by atoms with Gasteiger partial charge in [-0.1, -0.05) is 13.0 Å². The second-order valence-corrected chi connectivity index (χ2v) is 7.02. The van der Waals surface area contributed by atoms with E-state index in [0.29, 0.717) is 0 Å². The average Bonchev–Trinajstić information content (AvgIpc) is 3.07. The average molecular weight is 332 g/mol. The summed E-state index contributed by atoms with van der Waals surface area (Å²) in [4.78, 5) is 25.4. The Morgan fingerprint density at radius 1 is 1.26 bits per heavy atom. The van der Waals surface area contributed by atoms with E-state index in [1.54, 1.807) is 6.07 Å². The Balaban J connectivity index is 1.47. The van der Waals surface area contributed by atoms with Crippen molar-refractivity contribution in [2.45, 2.75) is 26.3 Å². The van der Waals surface area contributed by atoms with Crippen molar-refractivity contribution in [3.8, 4) is 0 Å². The van der Waals surface area contributed by atoms with Gasteiger partial charge in [0.1, 0.15) is 5.82 Å². The third-order valence-corrected chi connectivity index (χ3v) is 5.23. The maximum atomic E-state index is 11.6. The molecule has 2 aromatic rings. The largest absolute Gasteiger partial charge is 0.309 e. The fourth-order valence-electron chi connectivity index (χ4n) is 2.93. The Hall–Kier alpha value is -1.50. The van der Waals surface area contributed by atoms with Crippen LogP contribution in [0.4, 0.5) is 0 Å². The van der Waals surface area contributed by atoms with Crippen LogP contribution in [0.1, 0.15) is 23.3 Å². The number of aryl methyl sites for hydroxylation is 1. The maximum absolute atomic E-state index is 11.6. The van der Waals surface area contributed by atoms with Crippen molar-refractivity contribution in [3.05, 3.63) is 50.3 Å². The van der Waals surface area contributed by atoms with Crippen LogP contribution in [0.2, 0.25) is 0 Å². The molecule has 1 aliphatic heterocycles. The summed E-state index contributed by atoms with van der Waals surface area (Å²) in [6.45, 7) is 8.13. The van der Waals surface area contributed by atoms with Gasteiger partial charge in [-0.15, -0.1) is 11.3 Å². The van der Waals surface area contributed by atoms with E-state index in [2.05, 4.69) is 37.3 Å². The second kappa shape index (κ2) is 7.86. The molecule has 1 saturated heterocycles. The van der Waals surface area contributed by atoms with Gasteiger partial charge in [0.15, 0.2) is 0 Å². The molecule has 0 amide bonds. The number of aromatic nitrogens is 2. The summed E-state index contributed by atoms with van der Waals surface area (Å²) in [7, 11) is 0. The lowest BCUT2D eigenvalue weighted by molar-refractivity contribution is 0.126. The minimum Gasteiger partial charge on any atom is -0.309 e. The molecule has 3 heterocycles. The zero-order chi connectivity index (χ0) is 16.1. The molecular formula is C17H24N4OS. The number of thiophene rings is 1. The van der Waals surface area contributed by atoms with Crippen molar-refractivity contribution in [1.29, 1.82) is 0 Å². The lowest BCUT2D eigenvalue weighted by Gasteiger charge is -2.34. The molecule has 23 heavy (non-hydrogen) atoms. The SMILES string of the molecule is CCc1cc(=O)[nH]c(CN2CCN(CCc3cccs3)CC2)n1. The van der Waals surface area contributed by atoms with E-state index in [-0.39, 0.29) is 5.56 Å². The molecule has 124 valence electrons. The quantitative estimate of drug-likeness (QED) is 0.876. The highest BCUT2D eigenvalue weighted by atomic mass is 32.1. The van der Waals surface area contributed by atoms with Crippen LogP contribution in [0.5, 0.6) is 0 Å². The lowest BCUT2D eigenvalue weighted by Crippen LogP contribution is -2.46. The van der Waals surface area contributed by atoms with E-state index >= 15 is 0 Å². The number of hydrogen-bond donors (Lipinski definition) is 1. The third-order valence-electron chi connectivity index (χ3n) is 4.30. The standard InChI is InChI=1S/C17H24N4OS/c1-2-14-12-17(22)19-16(18-14)13-21-9-7-20(8-10-21)6-5-15-4-3-11-23-15/h3-4,11-12H,2,5-10,13H2,1H3,(H,18,19,22). The summed E-state index contributed by atoms with van der Waals surface area (Å²) >= 11 is 1.84. The highest BCUT2D eigenvalue weighted by molar-refractivity contribution is 7.09. The number of nitrogens with one attached hydrogen (secondary N) is 1. The summed E-state index contributed by atoms with van der Waals surface area (Å²) in [6, 6.07) is 5.92. The van der Waals surface area contributed by atoms with Gasteiger partial charge in [-0.05, 0) is 24.3 Å². The summed E-state index contributed by atoms with van der Waals surface area (Å²) in [5, 5.41) is 2.14. The molecule has 2 aromatic heterocycles. The molecular weight excluding hydrogens is 308 g/mol. The topological polar surface area (TPSA) is 52.2 Å². The fourth-order valence-corrected chi connectivity index (χ4v) is 3.62. The zero-order valence-electron chi connectivity index (χ0n) is 13.6. The summed E-state index contributed by atoms with van der Waals surface area (Å²) in [6.07, 6.45) is 1.94. The molecule has 5 nitrogen and oxygen atoms in total. The number of nitrogens with zero attached hydrogens (tertiary/aromatic N) is 3. The molecule has 6 heteroatoms.